The Morgan fingerprint density at radius 1 is 1.21 bits per heavy atom. The molecule has 1 unspecified atom stereocenters. The Morgan fingerprint density at radius 2 is 1.93 bits per heavy atom. The van der Waals surface area contributed by atoms with Crippen LogP contribution in [0.2, 0.25) is 0 Å². The number of benzene rings is 1. The molecule has 1 saturated heterocycles. The molecule has 28 heavy (non-hydrogen) atoms. The van der Waals surface area contributed by atoms with Gasteiger partial charge in [-0.25, -0.2) is 17.8 Å². The summed E-state index contributed by atoms with van der Waals surface area (Å²) in [5, 5.41) is 8.44. The van der Waals surface area contributed by atoms with Crippen LogP contribution in [0.25, 0.3) is 0 Å². The van der Waals surface area contributed by atoms with Crippen LogP contribution >= 0.6 is 0 Å². The fourth-order valence-corrected chi connectivity index (χ4v) is 5.75. The lowest BCUT2D eigenvalue weighted by molar-refractivity contribution is -0.133. The van der Waals surface area contributed by atoms with E-state index in [0.29, 0.717) is 6.42 Å². The quantitative estimate of drug-likeness (QED) is 0.818. The summed E-state index contributed by atoms with van der Waals surface area (Å²) in [6, 6.07) is 5.60. The molecule has 0 aromatic heterocycles. The Kier molecular flexibility index (Phi) is 4.73. The average Bonchev–Trinajstić information content (AvgIpc) is 2.99. The molecule has 1 aromatic rings. The van der Waals surface area contributed by atoms with Gasteiger partial charge in [0.25, 0.3) is 5.91 Å². The van der Waals surface area contributed by atoms with E-state index in [1.807, 2.05) is 0 Å². The van der Waals surface area contributed by atoms with E-state index < -0.39 is 21.4 Å². The Balaban J connectivity index is 1.53. The topological polar surface area (TPSA) is 95.9 Å². The lowest BCUT2D eigenvalue weighted by atomic mass is 9.71. The molecule has 1 saturated carbocycles. The third kappa shape index (κ3) is 3.55. The highest BCUT2D eigenvalue weighted by molar-refractivity contribution is 7.91. The maximum Gasteiger partial charge on any atom is 0.268 e. The van der Waals surface area contributed by atoms with E-state index in [0.717, 1.165) is 24.8 Å². The van der Waals surface area contributed by atoms with Gasteiger partial charge in [0.2, 0.25) is 5.91 Å². The molecular weight excluding hydrogens is 385 g/mol. The minimum absolute atomic E-state index is 0.0339. The first-order chi connectivity index (χ1) is 13.3. The Bertz CT molecular complexity index is 938. The molecule has 9 heteroatoms. The summed E-state index contributed by atoms with van der Waals surface area (Å²) in [6.07, 6.45) is 3.15. The Labute approximate surface area is 162 Å². The Hall–Kier alpha value is -2.29. The fraction of sp³-hybridized carbons (Fsp3) is 0.526. The van der Waals surface area contributed by atoms with Crippen molar-refractivity contribution in [2.45, 2.75) is 50.1 Å². The third-order valence-electron chi connectivity index (χ3n) is 5.83. The third-order valence-corrected chi connectivity index (χ3v) is 7.58. The molecule has 7 nitrogen and oxygen atoms in total. The largest absolute Gasteiger partial charge is 0.341 e. The molecule has 1 aromatic carbocycles. The first-order valence-electron chi connectivity index (χ1n) is 9.47. The van der Waals surface area contributed by atoms with Crippen molar-refractivity contribution in [2.75, 3.05) is 11.5 Å². The second kappa shape index (κ2) is 6.95. The number of carbonyl (C=O) groups excluding carboxylic acids is 2. The number of amides is 2. The molecule has 4 rings (SSSR count). The zero-order valence-electron chi connectivity index (χ0n) is 15.4. The molecule has 0 spiro atoms. The van der Waals surface area contributed by atoms with Gasteiger partial charge in [-0.3, -0.25) is 9.59 Å². The molecule has 2 amide bonds. The molecule has 0 radical (unpaired) electrons. The first kappa shape index (κ1) is 19.0. The van der Waals surface area contributed by atoms with Crippen LogP contribution in [0.1, 0.15) is 44.1 Å². The molecule has 1 N–H and O–H groups in total. The van der Waals surface area contributed by atoms with Crippen LogP contribution in [-0.2, 0) is 25.0 Å². The number of halogens is 1. The molecule has 1 atom stereocenters. The summed E-state index contributed by atoms with van der Waals surface area (Å²) in [5.74, 6) is -1.03. The van der Waals surface area contributed by atoms with E-state index in [1.165, 1.54) is 17.1 Å². The van der Waals surface area contributed by atoms with Crippen LogP contribution in [0.3, 0.4) is 0 Å². The minimum atomic E-state index is -3.16. The molecule has 2 heterocycles. The lowest BCUT2D eigenvalue weighted by Crippen LogP contribution is -2.54. The summed E-state index contributed by atoms with van der Waals surface area (Å²) >= 11 is 0. The van der Waals surface area contributed by atoms with Gasteiger partial charge < -0.3 is 5.32 Å². The van der Waals surface area contributed by atoms with Gasteiger partial charge in [-0.2, -0.15) is 5.10 Å². The van der Waals surface area contributed by atoms with Crippen molar-refractivity contribution in [3.05, 3.63) is 35.6 Å². The van der Waals surface area contributed by atoms with E-state index >= 15 is 0 Å². The number of nitrogens with zero attached hydrogens (tertiary/aromatic N) is 2. The van der Waals surface area contributed by atoms with Gasteiger partial charge in [-0.15, -0.1) is 0 Å². The second-order valence-electron chi connectivity index (χ2n) is 7.74. The number of rotatable bonds is 4. The van der Waals surface area contributed by atoms with Crippen LogP contribution in [0.15, 0.2) is 29.4 Å². The van der Waals surface area contributed by atoms with Gasteiger partial charge in [0.1, 0.15) is 11.5 Å². The number of nitrogens with one attached hydrogen (secondary N) is 1. The van der Waals surface area contributed by atoms with Crippen LogP contribution in [0.5, 0.6) is 0 Å². The number of hydrazone groups is 1. The van der Waals surface area contributed by atoms with Gasteiger partial charge >= 0.3 is 0 Å². The van der Waals surface area contributed by atoms with Gasteiger partial charge in [-0.05, 0) is 43.4 Å². The van der Waals surface area contributed by atoms with Gasteiger partial charge in [0, 0.05) is 12.8 Å². The standard InChI is InChI=1S/C19H22FN3O4S/c20-14-4-2-13(3-5-14)19(9-1-10-19)21-18(25)16-6-7-17(24)23(22-16)15-8-11-28(26,27)12-15/h2-5,15H,1,6-12H2,(H,21,25). The van der Waals surface area contributed by atoms with Gasteiger partial charge in [0.05, 0.1) is 23.1 Å². The van der Waals surface area contributed by atoms with Crippen molar-refractivity contribution in [3.8, 4) is 0 Å². The van der Waals surface area contributed by atoms with E-state index in [9.17, 15) is 22.4 Å². The molecule has 150 valence electrons. The molecular formula is C19H22FN3O4S. The monoisotopic (exact) mass is 407 g/mol. The summed E-state index contributed by atoms with van der Waals surface area (Å²) in [6.45, 7) is 0. The maximum atomic E-state index is 13.2. The highest BCUT2D eigenvalue weighted by Crippen LogP contribution is 2.41. The minimum Gasteiger partial charge on any atom is -0.341 e. The highest BCUT2D eigenvalue weighted by Gasteiger charge is 2.42. The zero-order valence-corrected chi connectivity index (χ0v) is 16.2. The lowest BCUT2D eigenvalue weighted by Gasteiger charge is -2.43. The van der Waals surface area contributed by atoms with Crippen molar-refractivity contribution in [1.29, 1.82) is 0 Å². The van der Waals surface area contributed by atoms with E-state index in [2.05, 4.69) is 10.4 Å². The number of hydrogen-bond acceptors (Lipinski definition) is 5. The van der Waals surface area contributed by atoms with Crippen LogP contribution < -0.4 is 5.32 Å². The smallest absolute Gasteiger partial charge is 0.268 e. The zero-order chi connectivity index (χ0) is 19.9. The molecule has 2 aliphatic heterocycles. The van der Waals surface area contributed by atoms with Crippen LogP contribution in [-0.4, -0.2) is 48.5 Å². The van der Waals surface area contributed by atoms with Gasteiger partial charge in [0.15, 0.2) is 9.84 Å². The van der Waals surface area contributed by atoms with Crippen LogP contribution in [0.4, 0.5) is 4.39 Å². The second-order valence-corrected chi connectivity index (χ2v) is 9.97. The van der Waals surface area contributed by atoms with E-state index in [4.69, 9.17) is 0 Å². The Morgan fingerprint density at radius 3 is 2.50 bits per heavy atom. The SMILES string of the molecule is O=C(NC1(c2ccc(F)cc2)CCC1)C1=NN(C2CCS(=O)(=O)C2)C(=O)CC1. The molecule has 1 aliphatic carbocycles. The summed E-state index contributed by atoms with van der Waals surface area (Å²) in [7, 11) is -3.16. The van der Waals surface area contributed by atoms with Crippen molar-refractivity contribution < 1.29 is 22.4 Å². The normalized spacial score (nSPS) is 25.8. The summed E-state index contributed by atoms with van der Waals surface area (Å²) in [4.78, 5) is 25.1. The number of sulfone groups is 1. The fourth-order valence-electron chi connectivity index (χ4n) is 4.06. The maximum absolute atomic E-state index is 13.2. The summed E-state index contributed by atoms with van der Waals surface area (Å²) in [5.41, 5.74) is 0.535. The van der Waals surface area contributed by atoms with E-state index in [-0.39, 0.29) is 47.7 Å². The average molecular weight is 407 g/mol. The number of hydrogen-bond donors (Lipinski definition) is 1. The molecule has 2 fully saturated rings. The van der Waals surface area contributed by atoms with Crippen molar-refractivity contribution in [3.63, 3.8) is 0 Å². The van der Waals surface area contributed by atoms with Crippen molar-refractivity contribution >= 4 is 27.4 Å². The van der Waals surface area contributed by atoms with Crippen molar-refractivity contribution in [2.24, 2.45) is 5.10 Å². The predicted octanol–water partition coefficient (Wildman–Crippen LogP) is 1.49. The van der Waals surface area contributed by atoms with Crippen molar-refractivity contribution in [1.82, 2.24) is 10.3 Å². The highest BCUT2D eigenvalue weighted by atomic mass is 32.2. The van der Waals surface area contributed by atoms with Gasteiger partial charge in [-0.1, -0.05) is 12.1 Å². The van der Waals surface area contributed by atoms with E-state index in [1.54, 1.807) is 12.1 Å². The predicted molar refractivity (Wildman–Crippen MR) is 101 cm³/mol. The molecule has 0 bridgehead atoms. The van der Waals surface area contributed by atoms with Crippen LogP contribution in [0, 0.1) is 5.82 Å². The summed E-state index contributed by atoms with van der Waals surface area (Å²) < 4.78 is 36.7. The number of carbonyl (C=O) groups is 2. The first-order valence-corrected chi connectivity index (χ1v) is 11.3. The molecule has 3 aliphatic rings.